The number of nitriles is 1. The molecule has 0 aliphatic heterocycles. The van der Waals surface area contributed by atoms with Crippen LogP contribution in [0.4, 0.5) is 5.82 Å². The van der Waals surface area contributed by atoms with Gasteiger partial charge in [-0.05, 0) is 18.8 Å². The number of anilines is 1. The summed E-state index contributed by atoms with van der Waals surface area (Å²) >= 11 is 0. The van der Waals surface area contributed by atoms with E-state index in [0.717, 1.165) is 18.8 Å². The van der Waals surface area contributed by atoms with Crippen LogP contribution < -0.4 is 5.32 Å². The van der Waals surface area contributed by atoms with Crippen molar-refractivity contribution in [3.63, 3.8) is 0 Å². The zero-order valence-electron chi connectivity index (χ0n) is 10.3. The van der Waals surface area contributed by atoms with Crippen LogP contribution in [0.5, 0.6) is 0 Å². The lowest BCUT2D eigenvalue weighted by atomic mass is 9.90. The molecule has 0 unspecified atom stereocenters. The SMILES string of the molecule is CCC(C)(C)CNc1cc(C#N)nc(C)n1. The van der Waals surface area contributed by atoms with Gasteiger partial charge in [0.1, 0.15) is 23.4 Å². The van der Waals surface area contributed by atoms with Crippen molar-refractivity contribution in [3.05, 3.63) is 17.6 Å². The highest BCUT2D eigenvalue weighted by Gasteiger charge is 2.14. The molecule has 86 valence electrons. The van der Waals surface area contributed by atoms with E-state index in [4.69, 9.17) is 5.26 Å². The molecule has 0 bridgehead atoms. The molecule has 0 saturated carbocycles. The first-order valence-electron chi connectivity index (χ1n) is 5.46. The van der Waals surface area contributed by atoms with E-state index in [1.807, 2.05) is 6.07 Å². The summed E-state index contributed by atoms with van der Waals surface area (Å²) < 4.78 is 0. The van der Waals surface area contributed by atoms with Crippen LogP contribution in [0.15, 0.2) is 6.07 Å². The fraction of sp³-hybridized carbons (Fsp3) is 0.583. The van der Waals surface area contributed by atoms with Gasteiger partial charge in [-0.1, -0.05) is 20.8 Å². The lowest BCUT2D eigenvalue weighted by Gasteiger charge is -2.23. The van der Waals surface area contributed by atoms with Crippen molar-refractivity contribution in [2.24, 2.45) is 5.41 Å². The summed E-state index contributed by atoms with van der Waals surface area (Å²) in [4.78, 5) is 8.25. The van der Waals surface area contributed by atoms with E-state index >= 15 is 0 Å². The maximum absolute atomic E-state index is 8.79. The third kappa shape index (κ3) is 3.50. The number of nitrogens with one attached hydrogen (secondary N) is 1. The van der Waals surface area contributed by atoms with Gasteiger partial charge in [-0.15, -0.1) is 0 Å². The molecular weight excluding hydrogens is 200 g/mol. The summed E-state index contributed by atoms with van der Waals surface area (Å²) in [6.07, 6.45) is 1.09. The molecule has 1 rings (SSSR count). The van der Waals surface area contributed by atoms with Gasteiger partial charge in [-0.25, -0.2) is 9.97 Å². The van der Waals surface area contributed by atoms with E-state index in [2.05, 4.69) is 36.1 Å². The van der Waals surface area contributed by atoms with Crippen LogP contribution in [0.1, 0.15) is 38.7 Å². The molecule has 0 aliphatic rings. The Kier molecular flexibility index (Phi) is 3.83. The Bertz CT molecular complexity index is 404. The van der Waals surface area contributed by atoms with Gasteiger partial charge in [0.05, 0.1) is 0 Å². The minimum atomic E-state index is 0.228. The summed E-state index contributed by atoms with van der Waals surface area (Å²) in [6, 6.07) is 3.71. The highest BCUT2D eigenvalue weighted by atomic mass is 15.0. The lowest BCUT2D eigenvalue weighted by molar-refractivity contribution is 0.376. The second-order valence-corrected chi connectivity index (χ2v) is 4.67. The van der Waals surface area contributed by atoms with Gasteiger partial charge in [-0.3, -0.25) is 0 Å². The quantitative estimate of drug-likeness (QED) is 0.843. The second kappa shape index (κ2) is 4.93. The molecule has 0 atom stereocenters. The molecule has 0 radical (unpaired) electrons. The van der Waals surface area contributed by atoms with Crippen LogP contribution in [-0.2, 0) is 0 Å². The molecule has 1 aromatic rings. The average molecular weight is 218 g/mol. The highest BCUT2D eigenvalue weighted by Crippen LogP contribution is 2.20. The molecule has 0 saturated heterocycles. The first-order chi connectivity index (χ1) is 7.46. The topological polar surface area (TPSA) is 61.6 Å². The molecule has 1 aromatic heterocycles. The minimum absolute atomic E-state index is 0.228. The van der Waals surface area contributed by atoms with Gasteiger partial charge in [0.15, 0.2) is 0 Å². The average Bonchev–Trinajstić information content (AvgIpc) is 2.26. The predicted octanol–water partition coefficient (Wildman–Crippen LogP) is 2.50. The van der Waals surface area contributed by atoms with Crippen molar-refractivity contribution in [3.8, 4) is 6.07 Å². The lowest BCUT2D eigenvalue weighted by Crippen LogP contribution is -2.22. The fourth-order valence-corrected chi connectivity index (χ4v) is 1.17. The van der Waals surface area contributed by atoms with Crippen molar-refractivity contribution < 1.29 is 0 Å². The van der Waals surface area contributed by atoms with Crippen molar-refractivity contribution in [1.29, 1.82) is 5.26 Å². The molecule has 1 heterocycles. The highest BCUT2D eigenvalue weighted by molar-refractivity contribution is 5.40. The van der Waals surface area contributed by atoms with Crippen LogP contribution in [0.25, 0.3) is 0 Å². The van der Waals surface area contributed by atoms with E-state index < -0.39 is 0 Å². The standard InChI is InChI=1S/C12H18N4/c1-5-12(3,4)8-14-11-6-10(7-13)15-9(2)16-11/h6H,5,8H2,1-4H3,(H,14,15,16). The van der Waals surface area contributed by atoms with E-state index in [-0.39, 0.29) is 5.41 Å². The fourth-order valence-electron chi connectivity index (χ4n) is 1.17. The molecule has 0 aliphatic carbocycles. The third-order valence-electron chi connectivity index (χ3n) is 2.66. The number of hydrogen-bond acceptors (Lipinski definition) is 4. The Morgan fingerprint density at radius 1 is 1.44 bits per heavy atom. The van der Waals surface area contributed by atoms with Crippen LogP contribution in [0.2, 0.25) is 0 Å². The third-order valence-corrected chi connectivity index (χ3v) is 2.66. The number of hydrogen-bond donors (Lipinski definition) is 1. The van der Waals surface area contributed by atoms with Gasteiger partial charge in [-0.2, -0.15) is 5.26 Å². The zero-order valence-corrected chi connectivity index (χ0v) is 10.3. The predicted molar refractivity (Wildman–Crippen MR) is 64.0 cm³/mol. The summed E-state index contributed by atoms with van der Waals surface area (Å²) in [7, 11) is 0. The van der Waals surface area contributed by atoms with E-state index in [1.54, 1.807) is 13.0 Å². The number of nitrogens with zero attached hydrogens (tertiary/aromatic N) is 3. The largest absolute Gasteiger partial charge is 0.369 e. The van der Waals surface area contributed by atoms with Crippen molar-refractivity contribution in [2.45, 2.75) is 34.1 Å². The minimum Gasteiger partial charge on any atom is -0.369 e. The smallest absolute Gasteiger partial charge is 0.146 e. The van der Waals surface area contributed by atoms with Gasteiger partial charge in [0, 0.05) is 12.6 Å². The Morgan fingerprint density at radius 2 is 2.12 bits per heavy atom. The summed E-state index contributed by atoms with van der Waals surface area (Å²) in [6.45, 7) is 9.17. The number of aromatic nitrogens is 2. The molecule has 0 spiro atoms. The summed E-state index contributed by atoms with van der Waals surface area (Å²) in [5, 5.41) is 12.0. The Morgan fingerprint density at radius 3 is 2.69 bits per heavy atom. The van der Waals surface area contributed by atoms with Gasteiger partial charge < -0.3 is 5.32 Å². The number of aryl methyl sites for hydroxylation is 1. The molecule has 4 heteroatoms. The van der Waals surface area contributed by atoms with Gasteiger partial charge in [0.2, 0.25) is 0 Å². The van der Waals surface area contributed by atoms with Crippen LogP contribution in [-0.4, -0.2) is 16.5 Å². The molecule has 0 amide bonds. The molecule has 1 N–H and O–H groups in total. The first kappa shape index (κ1) is 12.4. The molecule has 0 fully saturated rings. The van der Waals surface area contributed by atoms with E-state index in [0.29, 0.717) is 11.5 Å². The van der Waals surface area contributed by atoms with Crippen LogP contribution in [0.3, 0.4) is 0 Å². The zero-order chi connectivity index (χ0) is 12.2. The van der Waals surface area contributed by atoms with Crippen molar-refractivity contribution in [1.82, 2.24) is 9.97 Å². The summed E-state index contributed by atoms with van der Waals surface area (Å²) in [5.74, 6) is 1.35. The van der Waals surface area contributed by atoms with Gasteiger partial charge in [0.25, 0.3) is 0 Å². The summed E-state index contributed by atoms with van der Waals surface area (Å²) in [5.41, 5.74) is 0.635. The van der Waals surface area contributed by atoms with E-state index in [9.17, 15) is 0 Å². The first-order valence-corrected chi connectivity index (χ1v) is 5.46. The molecule has 0 aromatic carbocycles. The van der Waals surface area contributed by atoms with Crippen molar-refractivity contribution >= 4 is 5.82 Å². The Balaban J connectivity index is 2.75. The van der Waals surface area contributed by atoms with Gasteiger partial charge >= 0.3 is 0 Å². The van der Waals surface area contributed by atoms with Crippen molar-refractivity contribution in [2.75, 3.05) is 11.9 Å². The molecule has 16 heavy (non-hydrogen) atoms. The number of rotatable bonds is 4. The molecular formula is C12H18N4. The molecule has 4 nitrogen and oxygen atoms in total. The maximum atomic E-state index is 8.79. The maximum Gasteiger partial charge on any atom is 0.146 e. The van der Waals surface area contributed by atoms with Crippen LogP contribution in [0, 0.1) is 23.7 Å². The Hall–Kier alpha value is -1.63. The monoisotopic (exact) mass is 218 g/mol. The second-order valence-electron chi connectivity index (χ2n) is 4.67. The van der Waals surface area contributed by atoms with E-state index in [1.165, 1.54) is 0 Å². The normalized spacial score (nSPS) is 10.9. The van der Waals surface area contributed by atoms with Crippen LogP contribution >= 0.6 is 0 Å². The Labute approximate surface area is 96.7 Å².